The number of nitrogens with two attached hydrogens (primary N) is 1. The standard InChI is InChI=1S/C17H16F3N7O/c1-9-26-27-15(28-9)10-2-4-11(5-3-10)17(21)24-13-12(6-7-22-13)14(25-17)23-8-16(18,19)20/h2-7,22,24H,8,21H2,1H3,(H,23,25). The van der Waals surface area contributed by atoms with Crippen LogP contribution < -0.4 is 16.4 Å². The smallest absolute Gasteiger partial charge is 0.408 e. The lowest BCUT2D eigenvalue weighted by molar-refractivity contribution is -0.118. The minimum Gasteiger partial charge on any atom is -0.421 e. The Morgan fingerprint density at radius 1 is 1.14 bits per heavy atom. The zero-order chi connectivity index (χ0) is 19.9. The summed E-state index contributed by atoms with van der Waals surface area (Å²) in [7, 11) is 0. The van der Waals surface area contributed by atoms with Crippen molar-refractivity contribution in [2.45, 2.75) is 18.9 Å². The van der Waals surface area contributed by atoms with Gasteiger partial charge in [-0.05, 0) is 18.2 Å². The van der Waals surface area contributed by atoms with Gasteiger partial charge in [-0.25, -0.2) is 0 Å². The fourth-order valence-corrected chi connectivity index (χ4v) is 2.88. The van der Waals surface area contributed by atoms with E-state index < -0.39 is 18.5 Å². The van der Waals surface area contributed by atoms with Gasteiger partial charge < -0.3 is 20.0 Å². The van der Waals surface area contributed by atoms with Gasteiger partial charge in [-0.2, -0.15) is 13.2 Å². The SMILES string of the molecule is Cc1nnc(-c2ccc(C3(N)NC(=NCC(F)(F)F)c4cc[nH]c4N3)cc2)o1. The Kier molecular flexibility index (Phi) is 4.11. The number of aromatic amines is 1. The van der Waals surface area contributed by atoms with Crippen molar-refractivity contribution in [3.05, 3.63) is 53.5 Å². The van der Waals surface area contributed by atoms with E-state index in [1.807, 2.05) is 0 Å². The molecular formula is C17H16F3N7O. The van der Waals surface area contributed by atoms with Crippen molar-refractivity contribution >= 4 is 11.7 Å². The highest BCUT2D eigenvalue weighted by Crippen LogP contribution is 2.29. The van der Waals surface area contributed by atoms with Gasteiger partial charge in [0, 0.05) is 24.2 Å². The third-order valence-corrected chi connectivity index (χ3v) is 4.17. The molecule has 5 N–H and O–H groups in total. The van der Waals surface area contributed by atoms with Crippen LogP contribution in [0.5, 0.6) is 0 Å². The predicted octanol–water partition coefficient (Wildman–Crippen LogP) is 2.47. The molecule has 0 amide bonds. The first-order chi connectivity index (χ1) is 13.2. The lowest BCUT2D eigenvalue weighted by Gasteiger charge is -2.38. The molecule has 1 aliphatic rings. The number of fused-ring (bicyclic) bond motifs is 1. The Balaban J connectivity index is 1.65. The number of benzene rings is 1. The summed E-state index contributed by atoms with van der Waals surface area (Å²) in [4.78, 5) is 6.59. The number of rotatable bonds is 3. The fraction of sp³-hybridized carbons (Fsp3) is 0.235. The van der Waals surface area contributed by atoms with Gasteiger partial charge in [-0.1, -0.05) is 12.1 Å². The number of hydrogen-bond donors (Lipinski definition) is 4. The van der Waals surface area contributed by atoms with Gasteiger partial charge in [0.05, 0.1) is 5.56 Å². The van der Waals surface area contributed by atoms with Gasteiger partial charge in [0.1, 0.15) is 18.2 Å². The van der Waals surface area contributed by atoms with Crippen LogP contribution in [0.2, 0.25) is 0 Å². The molecule has 4 rings (SSSR count). The number of nitrogens with zero attached hydrogens (tertiary/aromatic N) is 3. The molecule has 0 fully saturated rings. The highest BCUT2D eigenvalue weighted by atomic mass is 19.4. The normalized spacial score (nSPS) is 20.5. The number of aliphatic imine (C=N–C) groups is 1. The van der Waals surface area contributed by atoms with Crippen LogP contribution >= 0.6 is 0 Å². The number of amidine groups is 1. The minimum atomic E-state index is -4.42. The number of hydrogen-bond acceptors (Lipinski definition) is 6. The maximum Gasteiger partial charge on any atom is 0.408 e. The van der Waals surface area contributed by atoms with Gasteiger partial charge in [0.15, 0.2) is 5.79 Å². The van der Waals surface area contributed by atoms with Crippen molar-refractivity contribution in [2.24, 2.45) is 10.7 Å². The average molecular weight is 391 g/mol. The van der Waals surface area contributed by atoms with Crippen LogP contribution in [-0.2, 0) is 5.79 Å². The molecule has 11 heteroatoms. The minimum absolute atomic E-state index is 0.0476. The lowest BCUT2D eigenvalue weighted by Crippen LogP contribution is -2.61. The van der Waals surface area contributed by atoms with Gasteiger partial charge in [0.25, 0.3) is 0 Å². The Labute approximate surface area is 157 Å². The molecule has 1 aliphatic heterocycles. The van der Waals surface area contributed by atoms with E-state index in [0.717, 1.165) is 0 Å². The number of alkyl halides is 3. The van der Waals surface area contributed by atoms with Gasteiger partial charge >= 0.3 is 6.18 Å². The van der Waals surface area contributed by atoms with Gasteiger partial charge in [-0.3, -0.25) is 10.7 Å². The number of anilines is 1. The summed E-state index contributed by atoms with van der Waals surface area (Å²) in [6.07, 6.45) is -2.83. The van der Waals surface area contributed by atoms with Gasteiger partial charge in [-0.15, -0.1) is 10.2 Å². The van der Waals surface area contributed by atoms with Crippen molar-refractivity contribution in [1.82, 2.24) is 20.5 Å². The zero-order valence-electron chi connectivity index (χ0n) is 14.6. The topological polar surface area (TPSA) is 117 Å². The molecule has 3 aromatic rings. The van der Waals surface area contributed by atoms with E-state index in [1.165, 1.54) is 0 Å². The molecule has 146 valence electrons. The Morgan fingerprint density at radius 3 is 2.54 bits per heavy atom. The van der Waals surface area contributed by atoms with Crippen molar-refractivity contribution in [3.63, 3.8) is 0 Å². The average Bonchev–Trinajstić information content (AvgIpc) is 3.28. The van der Waals surface area contributed by atoms with Gasteiger partial charge in [0.2, 0.25) is 11.8 Å². The van der Waals surface area contributed by atoms with Crippen LogP contribution in [0.4, 0.5) is 19.0 Å². The molecule has 1 atom stereocenters. The van der Waals surface area contributed by atoms with E-state index in [4.69, 9.17) is 10.2 Å². The highest BCUT2D eigenvalue weighted by Gasteiger charge is 2.36. The predicted molar refractivity (Wildman–Crippen MR) is 95.3 cm³/mol. The summed E-state index contributed by atoms with van der Waals surface area (Å²) in [5.74, 6) is -0.0512. The number of nitrogens with one attached hydrogen (secondary N) is 3. The van der Waals surface area contributed by atoms with E-state index in [-0.39, 0.29) is 5.84 Å². The number of halogens is 3. The zero-order valence-corrected chi connectivity index (χ0v) is 14.6. The van der Waals surface area contributed by atoms with Crippen LogP contribution in [-0.4, -0.2) is 33.7 Å². The first-order valence-corrected chi connectivity index (χ1v) is 8.29. The monoisotopic (exact) mass is 391 g/mol. The van der Waals surface area contributed by atoms with E-state index in [0.29, 0.717) is 34.3 Å². The summed E-state index contributed by atoms with van der Waals surface area (Å²) in [6.45, 7) is 0.372. The molecule has 0 saturated heterocycles. The molecule has 1 aromatic carbocycles. The lowest BCUT2D eigenvalue weighted by atomic mass is 10.0. The Bertz CT molecular complexity index is 1020. The summed E-state index contributed by atoms with van der Waals surface area (Å²) < 4.78 is 43.3. The van der Waals surface area contributed by atoms with E-state index in [9.17, 15) is 13.2 Å². The molecule has 2 aromatic heterocycles. The van der Waals surface area contributed by atoms with Crippen molar-refractivity contribution in [2.75, 3.05) is 11.9 Å². The first-order valence-electron chi connectivity index (χ1n) is 8.29. The highest BCUT2D eigenvalue weighted by molar-refractivity contribution is 6.05. The number of aryl methyl sites for hydroxylation is 1. The van der Waals surface area contributed by atoms with Crippen LogP contribution in [0.25, 0.3) is 11.5 Å². The fourth-order valence-electron chi connectivity index (χ4n) is 2.88. The molecular weight excluding hydrogens is 375 g/mol. The van der Waals surface area contributed by atoms with E-state index in [2.05, 4.69) is 30.8 Å². The van der Waals surface area contributed by atoms with Crippen molar-refractivity contribution in [3.8, 4) is 11.5 Å². The maximum atomic E-state index is 12.6. The molecule has 1 unspecified atom stereocenters. The van der Waals surface area contributed by atoms with Crippen LogP contribution in [0, 0.1) is 6.92 Å². The van der Waals surface area contributed by atoms with Crippen LogP contribution in [0.15, 0.2) is 45.9 Å². The molecule has 0 spiro atoms. The first kappa shape index (κ1) is 18.0. The molecule has 28 heavy (non-hydrogen) atoms. The summed E-state index contributed by atoms with van der Waals surface area (Å²) >= 11 is 0. The second kappa shape index (κ2) is 6.37. The van der Waals surface area contributed by atoms with Crippen molar-refractivity contribution < 1.29 is 17.6 Å². The van der Waals surface area contributed by atoms with Crippen molar-refractivity contribution in [1.29, 1.82) is 0 Å². The molecule has 3 heterocycles. The maximum absolute atomic E-state index is 12.6. The Morgan fingerprint density at radius 2 is 1.89 bits per heavy atom. The second-order valence-electron chi connectivity index (χ2n) is 6.31. The van der Waals surface area contributed by atoms with Crippen LogP contribution in [0.1, 0.15) is 17.0 Å². The molecule has 0 bridgehead atoms. The largest absolute Gasteiger partial charge is 0.421 e. The quantitative estimate of drug-likeness (QED) is 0.545. The van der Waals surface area contributed by atoms with E-state index >= 15 is 0 Å². The number of H-pyrrole nitrogens is 1. The Hall–Kier alpha value is -3.34. The third-order valence-electron chi connectivity index (χ3n) is 4.17. The van der Waals surface area contributed by atoms with E-state index in [1.54, 1.807) is 43.5 Å². The molecule has 0 radical (unpaired) electrons. The second-order valence-corrected chi connectivity index (χ2v) is 6.31. The molecule has 0 saturated carbocycles. The molecule has 8 nitrogen and oxygen atoms in total. The third kappa shape index (κ3) is 3.43. The molecule has 0 aliphatic carbocycles. The summed E-state index contributed by atoms with van der Waals surface area (Å²) in [5.41, 5.74) is 8.16. The summed E-state index contributed by atoms with van der Waals surface area (Å²) in [5, 5.41) is 13.7. The summed E-state index contributed by atoms with van der Waals surface area (Å²) in [6, 6.07) is 8.51. The van der Waals surface area contributed by atoms with Crippen LogP contribution in [0.3, 0.4) is 0 Å². The number of aromatic nitrogens is 3.